The number of carbonyl (C=O) groups is 1. The smallest absolute Gasteiger partial charge is 0.310 e. The highest BCUT2D eigenvalue weighted by atomic mass is 35.5. The number of H-pyrrole nitrogens is 1. The maximum Gasteiger partial charge on any atom is 0.310 e. The zero-order chi connectivity index (χ0) is 27.7. The second kappa shape index (κ2) is 11.2. The Kier molecular flexibility index (Phi) is 7.91. The van der Waals surface area contributed by atoms with Gasteiger partial charge in [-0.25, -0.2) is 13.8 Å². The molecule has 1 aliphatic heterocycles. The van der Waals surface area contributed by atoms with Crippen LogP contribution in [0.3, 0.4) is 0 Å². The van der Waals surface area contributed by atoms with Gasteiger partial charge < -0.3 is 10.4 Å². The van der Waals surface area contributed by atoms with E-state index in [0.29, 0.717) is 55.1 Å². The lowest BCUT2D eigenvalue weighted by atomic mass is 9.71. The number of nitrogens with one attached hydrogen (secondary N) is 2. The van der Waals surface area contributed by atoms with E-state index in [4.69, 9.17) is 11.6 Å². The van der Waals surface area contributed by atoms with E-state index >= 15 is 4.39 Å². The Bertz CT molecular complexity index is 1360. The number of rotatable bonds is 9. The van der Waals surface area contributed by atoms with Crippen LogP contribution in [0.4, 0.5) is 20.4 Å². The van der Waals surface area contributed by atoms with Crippen LogP contribution in [0.2, 0.25) is 5.02 Å². The average Bonchev–Trinajstić information content (AvgIpc) is 3.28. The number of benzene rings is 1. The molecule has 1 aliphatic carbocycles. The van der Waals surface area contributed by atoms with Crippen LogP contribution in [0.25, 0.3) is 0 Å². The first-order chi connectivity index (χ1) is 18.7. The predicted octanol–water partition coefficient (Wildman–Crippen LogP) is 6.74. The Morgan fingerprint density at radius 3 is 2.69 bits per heavy atom. The molecule has 10 heteroatoms. The molecule has 2 aliphatic rings. The number of piperidine rings is 1. The van der Waals surface area contributed by atoms with Crippen molar-refractivity contribution in [1.82, 2.24) is 20.1 Å². The summed E-state index contributed by atoms with van der Waals surface area (Å²) in [6.45, 7) is 4.66. The molecular weight excluding hydrogens is 524 g/mol. The minimum Gasteiger partial charge on any atom is -0.481 e. The van der Waals surface area contributed by atoms with Crippen LogP contribution in [-0.4, -0.2) is 43.7 Å². The summed E-state index contributed by atoms with van der Waals surface area (Å²) in [7, 11) is 0. The minimum atomic E-state index is -1.18. The summed E-state index contributed by atoms with van der Waals surface area (Å²) in [5, 5.41) is 20.8. The fraction of sp³-hybridized carbons (Fsp3) is 0.483. The molecule has 2 atom stereocenters. The van der Waals surface area contributed by atoms with E-state index in [1.54, 1.807) is 18.2 Å². The third-order valence-corrected chi connectivity index (χ3v) is 8.71. The molecule has 0 bridgehead atoms. The zero-order valence-corrected chi connectivity index (χ0v) is 23.0. The van der Waals surface area contributed by atoms with Gasteiger partial charge in [-0.2, -0.15) is 5.10 Å². The Balaban J connectivity index is 1.43. The van der Waals surface area contributed by atoms with E-state index in [2.05, 4.69) is 25.4 Å². The number of carboxylic acid groups (broad SMARTS) is 1. The van der Waals surface area contributed by atoms with Gasteiger partial charge in [0.2, 0.25) is 0 Å². The van der Waals surface area contributed by atoms with Gasteiger partial charge in [-0.1, -0.05) is 37.1 Å². The third-order valence-electron chi connectivity index (χ3n) is 8.42. The van der Waals surface area contributed by atoms with Crippen LogP contribution in [0.5, 0.6) is 0 Å². The molecule has 1 saturated carbocycles. The number of aromatic nitrogens is 3. The Morgan fingerprint density at radius 1 is 1.26 bits per heavy atom. The quantitative estimate of drug-likeness (QED) is 0.269. The van der Waals surface area contributed by atoms with Gasteiger partial charge in [0.25, 0.3) is 0 Å². The molecule has 7 nitrogen and oxygen atoms in total. The Morgan fingerprint density at radius 2 is 2.05 bits per heavy atom. The molecule has 0 spiro atoms. The molecule has 0 amide bonds. The molecule has 3 heterocycles. The van der Waals surface area contributed by atoms with Gasteiger partial charge in [0.05, 0.1) is 16.1 Å². The fourth-order valence-electron chi connectivity index (χ4n) is 5.89. The molecule has 1 aromatic carbocycles. The number of carboxylic acids is 1. The lowest BCUT2D eigenvalue weighted by Crippen LogP contribution is -2.50. The highest BCUT2D eigenvalue weighted by Crippen LogP contribution is 2.43. The SMILES string of the molecule is CC[C@@H]1C[C@](Cc2nc(Nc3cc(C)[nH]n3)cc(C3CCC3)c2F)(C(=O)O)CCN1Cc1cccc(Cl)c1F. The summed E-state index contributed by atoms with van der Waals surface area (Å²) in [6.07, 6.45) is 4.13. The number of pyridine rings is 1. The lowest BCUT2D eigenvalue weighted by Gasteiger charge is -2.44. The molecule has 5 rings (SSSR count). The summed E-state index contributed by atoms with van der Waals surface area (Å²) in [5.41, 5.74) is 0.923. The number of likely N-dealkylation sites (tertiary alicyclic amines) is 1. The van der Waals surface area contributed by atoms with E-state index < -0.39 is 23.0 Å². The highest BCUT2D eigenvalue weighted by Gasteiger charge is 2.46. The van der Waals surface area contributed by atoms with Crippen molar-refractivity contribution in [3.63, 3.8) is 0 Å². The van der Waals surface area contributed by atoms with Gasteiger partial charge in [0.15, 0.2) is 5.82 Å². The first-order valence-electron chi connectivity index (χ1n) is 13.6. The maximum atomic E-state index is 15.9. The van der Waals surface area contributed by atoms with Crippen LogP contribution < -0.4 is 5.32 Å². The van der Waals surface area contributed by atoms with Gasteiger partial charge in [-0.3, -0.25) is 14.8 Å². The van der Waals surface area contributed by atoms with Gasteiger partial charge in [-0.05, 0) is 69.2 Å². The standard InChI is InChI=1S/C29H34ClF2N5O2/c1-3-20-14-29(28(38)39,10-11-37(20)16-19-8-5-9-22(30)26(19)31)15-23-27(32)21(18-6-4-7-18)13-24(33-23)34-25-12-17(2)35-36-25/h5,8-9,12-13,18,20H,3-4,6-7,10-11,14-16H2,1-2H3,(H,38,39)(H2,33,34,35,36)/t20-,29-/m1/s1. The molecule has 2 fully saturated rings. The fourth-order valence-corrected chi connectivity index (χ4v) is 6.08. The highest BCUT2D eigenvalue weighted by molar-refractivity contribution is 6.30. The van der Waals surface area contributed by atoms with Crippen LogP contribution in [-0.2, 0) is 17.8 Å². The number of hydrogen-bond donors (Lipinski definition) is 3. The molecule has 1 saturated heterocycles. The molecule has 0 unspecified atom stereocenters. The van der Waals surface area contributed by atoms with Crippen LogP contribution in [0.15, 0.2) is 30.3 Å². The molecule has 208 valence electrons. The van der Waals surface area contributed by atoms with Crippen molar-refractivity contribution in [3.05, 3.63) is 69.5 Å². The van der Waals surface area contributed by atoms with Crippen molar-refractivity contribution in [3.8, 4) is 0 Å². The average molecular weight is 558 g/mol. The summed E-state index contributed by atoms with van der Waals surface area (Å²) >= 11 is 5.98. The molecule has 39 heavy (non-hydrogen) atoms. The summed E-state index contributed by atoms with van der Waals surface area (Å²) in [5.74, 6) is -0.677. The Hall–Kier alpha value is -3.04. The largest absolute Gasteiger partial charge is 0.481 e. The second-order valence-corrected chi connectivity index (χ2v) is 11.4. The molecular formula is C29H34ClF2N5O2. The van der Waals surface area contributed by atoms with Crippen molar-refractivity contribution in [1.29, 1.82) is 0 Å². The van der Waals surface area contributed by atoms with Gasteiger partial charge >= 0.3 is 5.97 Å². The van der Waals surface area contributed by atoms with Crippen molar-refractivity contribution in [2.24, 2.45) is 5.41 Å². The van der Waals surface area contributed by atoms with Gasteiger partial charge in [0, 0.05) is 36.3 Å². The van der Waals surface area contributed by atoms with Crippen LogP contribution in [0, 0.1) is 24.0 Å². The number of aryl methyl sites for hydroxylation is 1. The van der Waals surface area contributed by atoms with Crippen molar-refractivity contribution in [2.75, 3.05) is 11.9 Å². The zero-order valence-electron chi connectivity index (χ0n) is 22.2. The number of anilines is 2. The van der Waals surface area contributed by atoms with Crippen molar-refractivity contribution in [2.45, 2.75) is 77.3 Å². The van der Waals surface area contributed by atoms with Crippen LogP contribution >= 0.6 is 11.6 Å². The number of nitrogens with zero attached hydrogens (tertiary/aromatic N) is 3. The molecule has 3 aromatic rings. The number of aromatic amines is 1. The van der Waals surface area contributed by atoms with E-state index in [1.165, 1.54) is 6.07 Å². The van der Waals surface area contributed by atoms with Crippen molar-refractivity contribution < 1.29 is 18.7 Å². The lowest BCUT2D eigenvalue weighted by molar-refractivity contribution is -0.154. The number of aliphatic carboxylic acids is 1. The van der Waals surface area contributed by atoms with Crippen molar-refractivity contribution >= 4 is 29.2 Å². The third kappa shape index (κ3) is 5.65. The van der Waals surface area contributed by atoms with Crippen LogP contribution in [0.1, 0.15) is 73.9 Å². The second-order valence-electron chi connectivity index (χ2n) is 11.0. The topological polar surface area (TPSA) is 94.1 Å². The van der Waals surface area contributed by atoms with Gasteiger partial charge in [-0.15, -0.1) is 0 Å². The van der Waals surface area contributed by atoms with E-state index in [-0.39, 0.29) is 29.1 Å². The number of hydrogen-bond acceptors (Lipinski definition) is 5. The summed E-state index contributed by atoms with van der Waals surface area (Å²) < 4.78 is 30.5. The summed E-state index contributed by atoms with van der Waals surface area (Å²) in [6, 6.07) is 8.38. The molecule has 2 aromatic heterocycles. The predicted molar refractivity (Wildman–Crippen MR) is 146 cm³/mol. The van der Waals surface area contributed by atoms with E-state index in [1.807, 2.05) is 19.9 Å². The maximum absolute atomic E-state index is 15.9. The first-order valence-corrected chi connectivity index (χ1v) is 14.0. The minimum absolute atomic E-state index is 0.0150. The van der Waals surface area contributed by atoms with Gasteiger partial charge in [0.1, 0.15) is 17.5 Å². The molecule has 3 N–H and O–H groups in total. The first kappa shape index (κ1) is 27.5. The monoisotopic (exact) mass is 557 g/mol. The Labute approximate surface area is 232 Å². The normalized spacial score (nSPS) is 22.0. The molecule has 0 radical (unpaired) electrons. The number of halogens is 3. The van der Waals surface area contributed by atoms with E-state index in [9.17, 15) is 14.3 Å². The summed E-state index contributed by atoms with van der Waals surface area (Å²) in [4.78, 5) is 19.5. The van der Waals surface area contributed by atoms with E-state index in [0.717, 1.165) is 25.0 Å².